The van der Waals surface area contributed by atoms with Crippen molar-refractivity contribution in [3.05, 3.63) is 45.5 Å². The molecular weight excluding hydrogens is 272 g/mol. The van der Waals surface area contributed by atoms with Gasteiger partial charge < -0.3 is 5.43 Å². The lowest BCUT2D eigenvalue weighted by atomic mass is 10.2. The number of nitro benzene ring substituents is 1. The normalized spacial score (nSPS) is 10.3. The maximum absolute atomic E-state index is 10.7. The largest absolute Gasteiger partial charge is 0.324 e. The zero-order chi connectivity index (χ0) is 13.0. The van der Waals surface area contributed by atoms with Crippen molar-refractivity contribution >= 4 is 34.5 Å². The van der Waals surface area contributed by atoms with Crippen molar-refractivity contribution in [1.29, 1.82) is 0 Å². The molecular formula is C10H10N4O2S2. The third-order valence-corrected chi connectivity index (χ3v) is 4.23. The second-order valence-corrected chi connectivity index (χ2v) is 5.45. The third-order valence-electron chi connectivity index (χ3n) is 2.22. The van der Waals surface area contributed by atoms with Crippen molar-refractivity contribution in [3.63, 3.8) is 0 Å². The summed E-state index contributed by atoms with van der Waals surface area (Å²) in [6, 6.07) is 4.55. The van der Waals surface area contributed by atoms with Crippen LogP contribution in [0.4, 0.5) is 11.4 Å². The lowest BCUT2D eigenvalue weighted by Gasteiger charge is -2.07. The summed E-state index contributed by atoms with van der Waals surface area (Å²) in [6.45, 7) is 0. The van der Waals surface area contributed by atoms with Crippen molar-refractivity contribution in [2.45, 2.75) is 10.1 Å². The summed E-state index contributed by atoms with van der Waals surface area (Å²) in [5.74, 6) is 5.96. The van der Waals surface area contributed by atoms with Crippen molar-refractivity contribution in [1.82, 2.24) is 4.98 Å². The number of non-ortho nitro benzene ring substituents is 1. The number of hydrogen-bond donors (Lipinski definition) is 2. The van der Waals surface area contributed by atoms with Gasteiger partial charge in [-0.1, -0.05) is 11.8 Å². The van der Waals surface area contributed by atoms with E-state index in [4.69, 9.17) is 5.84 Å². The molecule has 0 atom stereocenters. The molecule has 2 rings (SSSR count). The van der Waals surface area contributed by atoms with Gasteiger partial charge in [0, 0.05) is 29.5 Å². The zero-order valence-corrected chi connectivity index (χ0v) is 10.8. The smallest absolute Gasteiger partial charge is 0.269 e. The number of nitrogen functional groups attached to an aromatic ring is 1. The van der Waals surface area contributed by atoms with E-state index in [1.54, 1.807) is 12.3 Å². The van der Waals surface area contributed by atoms with E-state index in [2.05, 4.69) is 10.4 Å². The summed E-state index contributed by atoms with van der Waals surface area (Å²) in [5, 5.41) is 12.6. The molecule has 0 radical (unpaired) electrons. The van der Waals surface area contributed by atoms with E-state index in [1.807, 2.05) is 5.38 Å². The number of nitrogens with two attached hydrogens (primary N) is 1. The molecule has 94 valence electrons. The molecule has 0 aliphatic carbocycles. The first-order valence-electron chi connectivity index (χ1n) is 4.97. The number of nitro groups is 1. The summed E-state index contributed by atoms with van der Waals surface area (Å²) in [5.41, 5.74) is 4.07. The van der Waals surface area contributed by atoms with Crippen LogP contribution >= 0.6 is 23.1 Å². The minimum absolute atomic E-state index is 0.0590. The van der Waals surface area contributed by atoms with Crippen LogP contribution in [0.5, 0.6) is 0 Å². The molecule has 1 aromatic carbocycles. The van der Waals surface area contributed by atoms with Crippen LogP contribution in [0, 0.1) is 10.1 Å². The molecule has 0 unspecified atom stereocenters. The predicted molar refractivity (Wildman–Crippen MR) is 72.6 cm³/mol. The number of thioether (sulfide) groups is 1. The van der Waals surface area contributed by atoms with Gasteiger partial charge in [-0.2, -0.15) is 0 Å². The van der Waals surface area contributed by atoms with Gasteiger partial charge in [0.15, 0.2) is 0 Å². The first-order valence-corrected chi connectivity index (χ1v) is 6.83. The Labute approximate surface area is 111 Å². The summed E-state index contributed by atoms with van der Waals surface area (Å²) in [4.78, 5) is 14.4. The number of hydrogen-bond acceptors (Lipinski definition) is 7. The van der Waals surface area contributed by atoms with Crippen LogP contribution in [-0.4, -0.2) is 9.91 Å². The molecule has 0 spiro atoms. The summed E-state index contributed by atoms with van der Waals surface area (Å²) >= 11 is 3.05. The number of nitrogens with zero attached hydrogens (tertiary/aromatic N) is 2. The molecule has 0 aliphatic heterocycles. The highest BCUT2D eigenvalue weighted by molar-refractivity contribution is 8.00. The lowest BCUT2D eigenvalue weighted by molar-refractivity contribution is -0.384. The molecule has 8 heteroatoms. The van der Waals surface area contributed by atoms with Gasteiger partial charge in [-0.3, -0.25) is 16.0 Å². The molecule has 1 aromatic heterocycles. The van der Waals surface area contributed by atoms with Crippen LogP contribution in [-0.2, 0) is 5.75 Å². The minimum Gasteiger partial charge on any atom is -0.324 e. The van der Waals surface area contributed by atoms with Crippen molar-refractivity contribution in [2.24, 2.45) is 5.84 Å². The fourth-order valence-corrected chi connectivity index (χ4v) is 3.00. The Morgan fingerprint density at radius 3 is 3.00 bits per heavy atom. The predicted octanol–water partition coefficient (Wildman–Crippen LogP) is 2.63. The molecule has 3 N–H and O–H groups in total. The van der Waals surface area contributed by atoms with Crippen LogP contribution in [0.25, 0.3) is 0 Å². The maximum Gasteiger partial charge on any atom is 0.269 e. The summed E-state index contributed by atoms with van der Waals surface area (Å²) in [6.07, 6.45) is 1.72. The Hall–Kier alpha value is -1.64. The van der Waals surface area contributed by atoms with Crippen LogP contribution in [0.15, 0.2) is 34.1 Å². The monoisotopic (exact) mass is 282 g/mol. The number of hydrazine groups is 1. The highest BCUT2D eigenvalue weighted by Gasteiger charge is 2.11. The van der Waals surface area contributed by atoms with E-state index in [9.17, 15) is 10.1 Å². The van der Waals surface area contributed by atoms with Gasteiger partial charge in [0.25, 0.3) is 5.69 Å². The SMILES string of the molecule is NNc1ccc([N+](=O)[O-])cc1CSc1nccs1. The standard InChI is InChI=1S/C10H10N4O2S2/c11-13-9-2-1-8(14(15)16)5-7(9)6-18-10-12-3-4-17-10/h1-5,13H,6,11H2. The Kier molecular flexibility index (Phi) is 4.13. The minimum atomic E-state index is -0.419. The Morgan fingerprint density at radius 2 is 2.39 bits per heavy atom. The van der Waals surface area contributed by atoms with Gasteiger partial charge in [-0.25, -0.2) is 4.98 Å². The van der Waals surface area contributed by atoms with Crippen LogP contribution < -0.4 is 11.3 Å². The highest BCUT2D eigenvalue weighted by Crippen LogP contribution is 2.29. The summed E-state index contributed by atoms with van der Waals surface area (Å²) in [7, 11) is 0. The number of thiazole rings is 1. The van der Waals surface area contributed by atoms with Crippen molar-refractivity contribution in [3.8, 4) is 0 Å². The molecule has 1 heterocycles. The molecule has 0 bridgehead atoms. The van der Waals surface area contributed by atoms with E-state index in [1.165, 1.54) is 35.2 Å². The number of benzene rings is 1. The van der Waals surface area contributed by atoms with Crippen LogP contribution in [0.3, 0.4) is 0 Å². The molecule has 0 saturated carbocycles. The average Bonchev–Trinajstić information content (AvgIpc) is 2.89. The van der Waals surface area contributed by atoms with E-state index in [0.717, 1.165) is 9.90 Å². The quantitative estimate of drug-likeness (QED) is 0.379. The van der Waals surface area contributed by atoms with E-state index < -0.39 is 4.92 Å². The second-order valence-electron chi connectivity index (χ2n) is 3.33. The topological polar surface area (TPSA) is 94.1 Å². The van der Waals surface area contributed by atoms with Gasteiger partial charge in [-0.05, 0) is 11.6 Å². The van der Waals surface area contributed by atoms with E-state index in [-0.39, 0.29) is 5.69 Å². The Morgan fingerprint density at radius 1 is 1.56 bits per heavy atom. The van der Waals surface area contributed by atoms with Gasteiger partial charge in [0.1, 0.15) is 4.34 Å². The highest BCUT2D eigenvalue weighted by atomic mass is 32.2. The van der Waals surface area contributed by atoms with E-state index >= 15 is 0 Å². The van der Waals surface area contributed by atoms with Crippen molar-refractivity contribution in [2.75, 3.05) is 5.43 Å². The van der Waals surface area contributed by atoms with Crippen LogP contribution in [0.1, 0.15) is 5.56 Å². The maximum atomic E-state index is 10.7. The molecule has 0 fully saturated rings. The van der Waals surface area contributed by atoms with Gasteiger partial charge in [0.05, 0.1) is 10.6 Å². The fourth-order valence-electron chi connectivity index (χ4n) is 1.38. The summed E-state index contributed by atoms with van der Waals surface area (Å²) < 4.78 is 0.921. The number of nitrogens with one attached hydrogen (secondary N) is 1. The van der Waals surface area contributed by atoms with Gasteiger partial charge in [0.2, 0.25) is 0 Å². The molecule has 0 amide bonds. The van der Waals surface area contributed by atoms with Crippen molar-refractivity contribution < 1.29 is 4.92 Å². The van der Waals surface area contributed by atoms with E-state index in [0.29, 0.717) is 11.4 Å². The Balaban J connectivity index is 2.18. The second kappa shape index (κ2) is 5.80. The first-order chi connectivity index (χ1) is 8.70. The molecule has 0 aliphatic rings. The fraction of sp³-hybridized carbons (Fsp3) is 0.100. The lowest BCUT2D eigenvalue weighted by Crippen LogP contribution is -2.09. The Bertz CT molecular complexity index is 545. The van der Waals surface area contributed by atoms with Crippen LogP contribution in [0.2, 0.25) is 0 Å². The first kappa shape index (κ1) is 12.8. The molecule has 18 heavy (non-hydrogen) atoms. The zero-order valence-electron chi connectivity index (χ0n) is 9.20. The number of aromatic nitrogens is 1. The molecule has 2 aromatic rings. The third kappa shape index (κ3) is 2.97. The van der Waals surface area contributed by atoms with Gasteiger partial charge >= 0.3 is 0 Å². The number of anilines is 1. The number of rotatable bonds is 5. The molecule has 6 nitrogen and oxygen atoms in total. The van der Waals surface area contributed by atoms with Gasteiger partial charge in [-0.15, -0.1) is 11.3 Å². The molecule has 0 saturated heterocycles. The average molecular weight is 282 g/mol.